The van der Waals surface area contributed by atoms with Crippen molar-refractivity contribution in [3.8, 4) is 0 Å². The average molecular weight is 482 g/mol. The molecule has 4 aromatic rings. The van der Waals surface area contributed by atoms with E-state index in [0.29, 0.717) is 17.1 Å². The predicted molar refractivity (Wildman–Crippen MR) is 148 cm³/mol. The number of carbonyl (C=O) groups is 1. The first-order chi connectivity index (χ1) is 16.8. The SMILES string of the molecule is C=C(c1ccc(N(C)c2ccc(Cl)cc2)cc1)c1cc(NCc2ccccc2C)cc(C(N)=O)c1. The summed E-state index contributed by atoms with van der Waals surface area (Å²) in [5, 5.41) is 4.13. The molecule has 3 N–H and O–H groups in total. The van der Waals surface area contributed by atoms with Gasteiger partial charge in [0.25, 0.3) is 0 Å². The minimum atomic E-state index is -0.474. The van der Waals surface area contributed by atoms with E-state index in [1.165, 1.54) is 11.1 Å². The van der Waals surface area contributed by atoms with Crippen molar-refractivity contribution in [3.63, 3.8) is 0 Å². The van der Waals surface area contributed by atoms with Crippen LogP contribution >= 0.6 is 11.6 Å². The number of halogens is 1. The number of benzene rings is 4. The second-order valence-electron chi connectivity index (χ2n) is 8.50. The van der Waals surface area contributed by atoms with E-state index in [0.717, 1.165) is 33.8 Å². The summed E-state index contributed by atoms with van der Waals surface area (Å²) in [5.74, 6) is -0.474. The fraction of sp³-hybridized carbons (Fsp3) is 0.100. The van der Waals surface area contributed by atoms with E-state index in [4.69, 9.17) is 17.3 Å². The first-order valence-corrected chi connectivity index (χ1v) is 11.7. The van der Waals surface area contributed by atoms with Gasteiger partial charge in [-0.05, 0) is 89.3 Å². The van der Waals surface area contributed by atoms with Gasteiger partial charge in [0.1, 0.15) is 0 Å². The van der Waals surface area contributed by atoms with Gasteiger partial charge in [0.05, 0.1) is 0 Å². The molecule has 0 saturated heterocycles. The highest BCUT2D eigenvalue weighted by Gasteiger charge is 2.11. The topological polar surface area (TPSA) is 58.4 Å². The third-order valence-electron chi connectivity index (χ3n) is 6.13. The fourth-order valence-corrected chi connectivity index (χ4v) is 4.04. The summed E-state index contributed by atoms with van der Waals surface area (Å²) < 4.78 is 0. The highest BCUT2D eigenvalue weighted by Crippen LogP contribution is 2.30. The van der Waals surface area contributed by atoms with Crippen LogP contribution in [-0.4, -0.2) is 13.0 Å². The highest BCUT2D eigenvalue weighted by atomic mass is 35.5. The number of carbonyl (C=O) groups excluding carboxylic acids is 1. The summed E-state index contributed by atoms with van der Waals surface area (Å²) in [4.78, 5) is 14.1. The maximum Gasteiger partial charge on any atom is 0.248 e. The lowest BCUT2D eigenvalue weighted by Crippen LogP contribution is -2.12. The molecule has 0 bridgehead atoms. The van der Waals surface area contributed by atoms with Gasteiger partial charge in [-0.1, -0.05) is 54.6 Å². The Hall–Kier alpha value is -4.02. The van der Waals surface area contributed by atoms with E-state index in [9.17, 15) is 4.79 Å². The molecule has 0 spiro atoms. The Morgan fingerprint density at radius 1 is 0.886 bits per heavy atom. The van der Waals surface area contributed by atoms with E-state index >= 15 is 0 Å². The predicted octanol–water partition coefficient (Wildman–Crippen LogP) is 7.19. The molecule has 0 fully saturated rings. The molecule has 35 heavy (non-hydrogen) atoms. The lowest BCUT2D eigenvalue weighted by molar-refractivity contribution is 0.100. The van der Waals surface area contributed by atoms with E-state index in [1.807, 2.05) is 73.8 Å². The Kier molecular flexibility index (Phi) is 7.23. The molecule has 4 rings (SSSR count). The van der Waals surface area contributed by atoms with Gasteiger partial charge < -0.3 is 16.0 Å². The van der Waals surface area contributed by atoms with Crippen molar-refractivity contribution in [2.24, 2.45) is 5.73 Å². The largest absolute Gasteiger partial charge is 0.381 e. The summed E-state index contributed by atoms with van der Waals surface area (Å²) in [5.41, 5.74) is 14.0. The zero-order valence-electron chi connectivity index (χ0n) is 19.9. The second kappa shape index (κ2) is 10.5. The quantitative estimate of drug-likeness (QED) is 0.280. The second-order valence-corrected chi connectivity index (χ2v) is 8.94. The summed E-state index contributed by atoms with van der Waals surface area (Å²) in [7, 11) is 2.01. The first kappa shape index (κ1) is 24.1. The van der Waals surface area contributed by atoms with Crippen LogP contribution in [0.25, 0.3) is 5.57 Å². The molecule has 176 valence electrons. The number of rotatable bonds is 8. The van der Waals surface area contributed by atoms with Crippen LogP contribution in [-0.2, 0) is 6.54 Å². The van der Waals surface area contributed by atoms with Crippen LogP contribution in [0, 0.1) is 6.92 Å². The number of primary amides is 1. The number of nitrogens with two attached hydrogens (primary N) is 1. The van der Waals surface area contributed by atoms with Crippen LogP contribution in [0.15, 0.2) is 97.6 Å². The molecule has 0 radical (unpaired) electrons. The van der Waals surface area contributed by atoms with E-state index in [-0.39, 0.29) is 0 Å². The van der Waals surface area contributed by atoms with Gasteiger partial charge in [-0.2, -0.15) is 0 Å². The molecule has 0 saturated carbocycles. The number of anilines is 3. The molecule has 4 aromatic carbocycles. The Morgan fingerprint density at radius 2 is 1.49 bits per heavy atom. The van der Waals surface area contributed by atoms with E-state index in [2.05, 4.69) is 35.9 Å². The molecule has 1 amide bonds. The summed E-state index contributed by atoms with van der Waals surface area (Å²) in [6.45, 7) is 7.03. The molecule has 0 aromatic heterocycles. The highest BCUT2D eigenvalue weighted by molar-refractivity contribution is 6.30. The van der Waals surface area contributed by atoms with Crippen molar-refractivity contribution in [2.75, 3.05) is 17.3 Å². The van der Waals surface area contributed by atoms with Crippen molar-refractivity contribution >= 4 is 40.1 Å². The minimum Gasteiger partial charge on any atom is -0.381 e. The van der Waals surface area contributed by atoms with Gasteiger partial charge in [-0.25, -0.2) is 0 Å². The molecular weight excluding hydrogens is 454 g/mol. The van der Waals surface area contributed by atoms with E-state index in [1.54, 1.807) is 12.1 Å². The fourth-order valence-electron chi connectivity index (χ4n) is 3.92. The Bertz CT molecular complexity index is 1360. The van der Waals surface area contributed by atoms with Crippen LogP contribution in [0.1, 0.15) is 32.6 Å². The Balaban J connectivity index is 1.56. The van der Waals surface area contributed by atoms with Crippen LogP contribution in [0.3, 0.4) is 0 Å². The molecule has 4 nitrogen and oxygen atoms in total. The molecule has 5 heteroatoms. The van der Waals surface area contributed by atoms with Crippen molar-refractivity contribution in [3.05, 3.63) is 130 Å². The number of hydrogen-bond donors (Lipinski definition) is 2. The van der Waals surface area contributed by atoms with E-state index < -0.39 is 5.91 Å². The first-order valence-electron chi connectivity index (χ1n) is 11.3. The van der Waals surface area contributed by atoms with Gasteiger partial charge in [0.2, 0.25) is 5.91 Å². The summed E-state index contributed by atoms with van der Waals surface area (Å²) >= 11 is 6.01. The molecule has 0 unspecified atom stereocenters. The van der Waals surface area contributed by atoms with Crippen LogP contribution in [0.4, 0.5) is 17.1 Å². The number of nitrogens with zero attached hydrogens (tertiary/aromatic N) is 1. The van der Waals surface area contributed by atoms with Crippen molar-refractivity contribution in [1.82, 2.24) is 0 Å². The molecule has 0 aliphatic carbocycles. The van der Waals surface area contributed by atoms with Gasteiger partial charge in [-0.3, -0.25) is 4.79 Å². The minimum absolute atomic E-state index is 0.440. The van der Waals surface area contributed by atoms with Crippen LogP contribution in [0.2, 0.25) is 5.02 Å². The lowest BCUT2D eigenvalue weighted by Gasteiger charge is -2.20. The molecule has 0 atom stereocenters. The van der Waals surface area contributed by atoms with Gasteiger partial charge in [0.15, 0.2) is 0 Å². The summed E-state index contributed by atoms with van der Waals surface area (Å²) in [6.07, 6.45) is 0. The third kappa shape index (κ3) is 5.73. The number of hydrogen-bond acceptors (Lipinski definition) is 3. The van der Waals surface area contributed by atoms with Crippen molar-refractivity contribution in [1.29, 1.82) is 0 Å². The standard InChI is InChI=1S/C30H28ClN3O/c1-20-6-4-5-7-23(20)19-33-27-17-24(16-25(18-27)30(32)35)21(2)22-8-12-28(13-9-22)34(3)29-14-10-26(31)11-15-29/h4-18,33H,2,19H2,1,3H3,(H2,32,35). The Morgan fingerprint density at radius 3 is 2.11 bits per heavy atom. The van der Waals surface area contributed by atoms with Crippen molar-refractivity contribution in [2.45, 2.75) is 13.5 Å². The molecule has 0 aliphatic heterocycles. The van der Waals surface area contributed by atoms with Crippen LogP contribution < -0.4 is 16.0 Å². The number of amides is 1. The maximum absolute atomic E-state index is 12.0. The number of aryl methyl sites for hydroxylation is 1. The van der Waals surface area contributed by atoms with Gasteiger partial charge >= 0.3 is 0 Å². The van der Waals surface area contributed by atoms with Crippen LogP contribution in [0.5, 0.6) is 0 Å². The summed E-state index contributed by atoms with van der Waals surface area (Å²) in [6, 6.07) is 29.6. The lowest BCUT2D eigenvalue weighted by atomic mass is 9.96. The van der Waals surface area contributed by atoms with Gasteiger partial charge in [-0.15, -0.1) is 0 Å². The van der Waals surface area contributed by atoms with Gasteiger partial charge in [0, 0.05) is 41.2 Å². The molecular formula is C30H28ClN3O. The molecule has 0 aliphatic rings. The maximum atomic E-state index is 12.0. The number of nitrogens with one attached hydrogen (secondary N) is 1. The van der Waals surface area contributed by atoms with Crippen molar-refractivity contribution < 1.29 is 4.79 Å². The Labute approximate surface area is 211 Å². The molecule has 0 heterocycles. The third-order valence-corrected chi connectivity index (χ3v) is 6.38. The zero-order chi connectivity index (χ0) is 24.9. The monoisotopic (exact) mass is 481 g/mol. The smallest absolute Gasteiger partial charge is 0.248 e. The zero-order valence-corrected chi connectivity index (χ0v) is 20.6. The normalized spacial score (nSPS) is 10.6. The average Bonchev–Trinajstić information content (AvgIpc) is 2.87.